The maximum absolute atomic E-state index is 13.3. The minimum atomic E-state index is -0.509. The highest BCUT2D eigenvalue weighted by atomic mass is 79.9. The van der Waals surface area contributed by atoms with Crippen LogP contribution in [0.5, 0.6) is 0 Å². The number of benzene rings is 2. The number of rotatable bonds is 4. The van der Waals surface area contributed by atoms with Crippen LogP contribution in [0.3, 0.4) is 0 Å². The van der Waals surface area contributed by atoms with Crippen LogP contribution in [0.25, 0.3) is 0 Å². The molecule has 2 aromatic heterocycles. The van der Waals surface area contributed by atoms with Crippen LogP contribution in [0, 0.1) is 16.3 Å². The quantitative estimate of drug-likeness (QED) is 0.159. The van der Waals surface area contributed by atoms with Crippen molar-refractivity contribution in [1.29, 1.82) is 0 Å². The Kier molecular flexibility index (Phi) is 17.5. The number of amides is 2. The van der Waals surface area contributed by atoms with Gasteiger partial charge in [0.2, 0.25) is 17.3 Å². The van der Waals surface area contributed by atoms with Crippen LogP contribution >= 0.6 is 55.1 Å². The van der Waals surface area contributed by atoms with E-state index >= 15 is 0 Å². The van der Waals surface area contributed by atoms with E-state index in [4.69, 9.17) is 27.9 Å². The van der Waals surface area contributed by atoms with Gasteiger partial charge in [0.05, 0.1) is 8.95 Å². The van der Waals surface area contributed by atoms with Crippen LogP contribution in [-0.2, 0) is 35.2 Å². The Bertz CT molecular complexity index is 2360. The van der Waals surface area contributed by atoms with Gasteiger partial charge < -0.3 is 30.3 Å². The molecule has 2 atom stereocenters. The number of aromatic nitrogens is 2. The Hall–Kier alpha value is -3.50. The first-order valence-electron chi connectivity index (χ1n) is 22.5. The summed E-state index contributed by atoms with van der Waals surface area (Å²) in [5.74, 6) is 0.444. The first kappa shape index (κ1) is 51.9. The van der Waals surface area contributed by atoms with Gasteiger partial charge in [0.15, 0.2) is 12.4 Å². The van der Waals surface area contributed by atoms with E-state index in [0.717, 1.165) is 116 Å². The zero-order chi connectivity index (χ0) is 45.3. The Morgan fingerprint density at radius 3 is 1.61 bits per heavy atom. The van der Waals surface area contributed by atoms with Crippen LogP contribution < -0.4 is 14.8 Å². The summed E-state index contributed by atoms with van der Waals surface area (Å²) in [6, 6.07) is 16.0. The largest absolute Gasteiger partial charge is 0.618 e. The number of hydrogen-bond donors (Lipinski definition) is 1. The summed E-state index contributed by atoms with van der Waals surface area (Å²) in [6.07, 6.45) is 8.40. The number of likely N-dealkylation sites (tertiary alicyclic amines) is 1. The van der Waals surface area contributed by atoms with Gasteiger partial charge in [0.25, 0.3) is 0 Å². The first-order valence-corrected chi connectivity index (χ1v) is 24.8. The second kappa shape index (κ2) is 22.3. The molecule has 3 saturated heterocycles. The summed E-state index contributed by atoms with van der Waals surface area (Å²) in [7, 11) is 0. The summed E-state index contributed by atoms with van der Waals surface area (Å²) >= 11 is 19.5. The summed E-state index contributed by atoms with van der Waals surface area (Å²) in [5, 5.41) is 30.9. The van der Waals surface area contributed by atoms with Gasteiger partial charge >= 0.3 is 6.09 Å². The molecular formula is C50H65Br2Cl2N7O5. The molecule has 12 nitrogen and oxygen atoms in total. The molecule has 0 unspecified atom stereocenters. The maximum Gasteiger partial charge on any atom is 0.410 e. The lowest BCUT2D eigenvalue weighted by Gasteiger charge is -2.40. The normalized spacial score (nSPS) is 20.0. The Morgan fingerprint density at radius 2 is 1.14 bits per heavy atom. The number of piperidine rings is 1. The Balaban J connectivity index is 0.000000237. The lowest BCUT2D eigenvalue weighted by molar-refractivity contribution is -0.617. The summed E-state index contributed by atoms with van der Waals surface area (Å²) in [5.41, 5.74) is 8.03. The zero-order valence-corrected chi connectivity index (χ0v) is 41.4. The number of carbonyl (C=O) groups excluding carboxylic acids is 2. The van der Waals surface area contributed by atoms with Crippen molar-refractivity contribution in [2.75, 3.05) is 65.4 Å². The number of carbonyl (C=O) groups is 2. The molecule has 358 valence electrons. The molecule has 4 aromatic rings. The third kappa shape index (κ3) is 12.0. The summed E-state index contributed by atoms with van der Waals surface area (Å²) in [6.45, 7) is 13.2. The molecule has 1 N–H and O–H groups in total. The molecule has 5 heterocycles. The van der Waals surface area contributed by atoms with Crippen molar-refractivity contribution in [2.45, 2.75) is 98.3 Å². The van der Waals surface area contributed by atoms with Crippen LogP contribution in [-0.4, -0.2) is 103 Å². The Morgan fingerprint density at radius 1 is 0.682 bits per heavy atom. The molecule has 2 amide bonds. The number of piperazine rings is 2. The molecule has 2 aromatic carbocycles. The summed E-state index contributed by atoms with van der Waals surface area (Å²) in [4.78, 5) is 34.1. The molecule has 0 bridgehead atoms. The van der Waals surface area contributed by atoms with Crippen LogP contribution in [0.15, 0.2) is 69.9 Å². The molecule has 0 spiro atoms. The number of halogens is 4. The second-order valence-electron chi connectivity index (χ2n) is 18.6. The number of aryl methyl sites for hydroxylation is 4. The Labute approximate surface area is 418 Å². The van der Waals surface area contributed by atoms with Crippen LogP contribution in [0.4, 0.5) is 4.79 Å². The molecule has 3 aliphatic heterocycles. The van der Waals surface area contributed by atoms with Crippen molar-refractivity contribution < 1.29 is 23.8 Å². The molecule has 3 fully saturated rings. The number of hydrogen-bond acceptors (Lipinski definition) is 8. The lowest BCUT2D eigenvalue weighted by Crippen LogP contribution is -2.52. The zero-order valence-electron chi connectivity index (χ0n) is 36.8. The molecular weight excluding hydrogens is 1010 g/mol. The molecule has 16 heteroatoms. The van der Waals surface area contributed by atoms with Crippen LogP contribution in [0.1, 0.15) is 112 Å². The number of nitrogens with zero attached hydrogens (tertiary/aromatic N) is 6. The fourth-order valence-corrected chi connectivity index (χ4v) is 11.4. The van der Waals surface area contributed by atoms with E-state index in [9.17, 15) is 20.0 Å². The van der Waals surface area contributed by atoms with E-state index in [2.05, 4.69) is 77.3 Å². The minimum Gasteiger partial charge on any atom is -0.618 e. The molecule has 5 aliphatic rings. The molecule has 66 heavy (non-hydrogen) atoms. The van der Waals surface area contributed by atoms with Crippen molar-refractivity contribution >= 4 is 67.1 Å². The van der Waals surface area contributed by atoms with E-state index in [0.29, 0.717) is 50.7 Å². The number of ether oxygens (including phenoxy) is 1. The van der Waals surface area contributed by atoms with Gasteiger partial charge in [-0.15, -0.1) is 0 Å². The SMILES string of the molecule is C.C.CC(C)(C)OC(=O)N1CCC(CC(=O)N2CCN([C@@H]3c4ccc(Cl)cc4CCc4cc(Br)c[n+]([O-])c43)CC2)CC1.[O-][n+]1cc(Br)cc2c1[C@H](N1CCNCC1)c1ccc(Cl)cc1CC2. The summed E-state index contributed by atoms with van der Waals surface area (Å²) < 4.78 is 9.16. The highest BCUT2D eigenvalue weighted by molar-refractivity contribution is 9.10. The van der Waals surface area contributed by atoms with Gasteiger partial charge in [-0.3, -0.25) is 14.6 Å². The van der Waals surface area contributed by atoms with Gasteiger partial charge in [0, 0.05) is 93.0 Å². The predicted molar refractivity (Wildman–Crippen MR) is 269 cm³/mol. The smallest absolute Gasteiger partial charge is 0.410 e. The van der Waals surface area contributed by atoms with Crippen molar-refractivity contribution in [3.63, 3.8) is 0 Å². The molecule has 9 rings (SSSR count). The van der Waals surface area contributed by atoms with E-state index in [-0.39, 0.29) is 44.9 Å². The van der Waals surface area contributed by atoms with Gasteiger partial charge in [-0.05, 0) is 156 Å². The lowest BCUT2D eigenvalue weighted by atomic mass is 9.93. The fourth-order valence-electron chi connectivity index (χ4n) is 10.1. The van der Waals surface area contributed by atoms with Crippen molar-refractivity contribution in [1.82, 2.24) is 24.9 Å². The van der Waals surface area contributed by atoms with Gasteiger partial charge in [0.1, 0.15) is 17.7 Å². The van der Waals surface area contributed by atoms with Crippen molar-refractivity contribution in [3.05, 3.63) is 135 Å². The van der Waals surface area contributed by atoms with E-state index in [1.165, 1.54) is 16.7 Å². The fraction of sp³-hybridized carbons (Fsp3) is 0.520. The topological polar surface area (TPSA) is 122 Å². The highest BCUT2D eigenvalue weighted by Gasteiger charge is 2.39. The predicted octanol–water partition coefficient (Wildman–Crippen LogP) is 9.21. The molecule has 0 radical (unpaired) electrons. The average Bonchev–Trinajstić information content (AvgIpc) is 3.52. The standard InChI is InChI=1S/C30H38BrClN4O4.C18H19BrClN3O.2CH4/c1-30(2,3)40-29(38)35-10-8-20(9-11-35)16-26(37)33-12-14-34(15-13-33)28-25-7-6-24(32)18-21(25)4-5-22-17-23(31)19-36(39)27(22)28;19-14-9-13-2-1-12-10-15(20)3-4-16(12)18(17(13)23(24)11-14)22-7-5-21-6-8-22;;/h6-7,17-20,28H,4-5,8-16H2,1-3H3;3-4,9-11,18,21H,1-2,5-8H2;2*1H4/t28-;18-;;/m11../s1. The third-order valence-corrected chi connectivity index (χ3v) is 14.5. The van der Waals surface area contributed by atoms with Crippen molar-refractivity contribution in [3.8, 4) is 0 Å². The van der Waals surface area contributed by atoms with E-state index < -0.39 is 5.60 Å². The van der Waals surface area contributed by atoms with E-state index in [1.54, 1.807) is 17.3 Å². The van der Waals surface area contributed by atoms with Crippen molar-refractivity contribution in [2.24, 2.45) is 5.92 Å². The second-order valence-corrected chi connectivity index (χ2v) is 21.3. The van der Waals surface area contributed by atoms with Gasteiger partial charge in [-0.1, -0.05) is 50.2 Å². The van der Waals surface area contributed by atoms with Crippen LogP contribution in [0.2, 0.25) is 10.0 Å². The first-order chi connectivity index (χ1) is 30.6. The van der Waals surface area contributed by atoms with E-state index in [1.807, 2.05) is 43.9 Å². The average molecular weight is 1070 g/mol. The number of pyridine rings is 2. The monoisotopic (exact) mass is 1070 g/mol. The number of nitrogens with one attached hydrogen (secondary N) is 1. The maximum atomic E-state index is 13.3. The molecule has 0 saturated carbocycles. The van der Waals surface area contributed by atoms with Gasteiger partial charge in [-0.2, -0.15) is 9.46 Å². The number of fused-ring (bicyclic) bond motifs is 4. The van der Waals surface area contributed by atoms with Gasteiger partial charge in [-0.25, -0.2) is 4.79 Å². The highest BCUT2D eigenvalue weighted by Crippen LogP contribution is 2.39. The third-order valence-electron chi connectivity index (χ3n) is 13.2. The minimum absolute atomic E-state index is 0. The molecule has 2 aliphatic carbocycles.